The van der Waals surface area contributed by atoms with Gasteiger partial charge in [-0.3, -0.25) is 0 Å². The number of nitrogens with zero attached hydrogens (tertiary/aromatic N) is 1. The lowest BCUT2D eigenvalue weighted by Crippen LogP contribution is -2.33. The highest BCUT2D eigenvalue weighted by atomic mass is 19.3. The summed E-state index contributed by atoms with van der Waals surface area (Å²) in [6.45, 7) is 0. The number of hydrogen-bond donors (Lipinski definition) is 0. The van der Waals surface area contributed by atoms with Gasteiger partial charge < -0.3 is 4.74 Å². The molecule has 0 fully saturated rings. The Morgan fingerprint density at radius 2 is 1.81 bits per heavy atom. The quantitative estimate of drug-likeness (QED) is 0.457. The molecule has 0 spiro atoms. The van der Waals surface area contributed by atoms with Crippen LogP contribution in [0.1, 0.15) is 0 Å². The van der Waals surface area contributed by atoms with Crippen molar-refractivity contribution in [3.63, 3.8) is 0 Å². The van der Waals surface area contributed by atoms with E-state index in [4.69, 9.17) is 0 Å². The molecule has 0 unspecified atom stereocenters. The van der Waals surface area contributed by atoms with Crippen molar-refractivity contribution in [2.45, 2.75) is 12.5 Å². The fraction of sp³-hybridized carbons (Fsp3) is 0.222. The largest absolute Gasteiger partial charge is 0.461 e. The number of hydrogen-bond acceptors (Lipinski definition) is 3. The third-order valence-corrected chi connectivity index (χ3v) is 1.52. The van der Waals surface area contributed by atoms with Gasteiger partial charge in [-0.1, -0.05) is 0 Å². The molecule has 0 bridgehead atoms. The van der Waals surface area contributed by atoms with Crippen molar-refractivity contribution in [1.82, 2.24) is 0 Å². The lowest BCUT2D eigenvalue weighted by molar-refractivity contribution is -0.253. The first-order valence-corrected chi connectivity index (χ1v) is 3.98. The standard InChI is InChI=1S/C9H5F4NO2/c10-8(11)9(12,13)16-7-3-1-6(2-4-7)14-5-15/h1-4,8H. The Bertz CT molecular complexity index is 398. The highest BCUT2D eigenvalue weighted by Crippen LogP contribution is 2.28. The first-order chi connectivity index (χ1) is 7.45. The summed E-state index contributed by atoms with van der Waals surface area (Å²) < 4.78 is 52.1. The van der Waals surface area contributed by atoms with Crippen LogP contribution in [-0.2, 0) is 4.79 Å². The molecule has 3 nitrogen and oxygen atoms in total. The van der Waals surface area contributed by atoms with Gasteiger partial charge in [0, 0.05) is 0 Å². The van der Waals surface area contributed by atoms with E-state index in [2.05, 4.69) is 9.73 Å². The van der Waals surface area contributed by atoms with E-state index in [9.17, 15) is 22.4 Å². The first kappa shape index (κ1) is 12.2. The van der Waals surface area contributed by atoms with E-state index in [0.717, 1.165) is 24.3 Å². The highest BCUT2D eigenvalue weighted by molar-refractivity contribution is 5.50. The van der Waals surface area contributed by atoms with E-state index < -0.39 is 18.3 Å². The summed E-state index contributed by atoms with van der Waals surface area (Å²) in [6, 6.07) is 4.29. The van der Waals surface area contributed by atoms with E-state index in [1.165, 1.54) is 6.08 Å². The van der Waals surface area contributed by atoms with Gasteiger partial charge in [0.15, 0.2) is 0 Å². The minimum absolute atomic E-state index is 0.155. The van der Waals surface area contributed by atoms with Crippen LogP contribution in [0.4, 0.5) is 23.2 Å². The van der Waals surface area contributed by atoms with Gasteiger partial charge >= 0.3 is 12.5 Å². The average Bonchev–Trinajstić information content (AvgIpc) is 2.21. The molecule has 0 N–H and O–H groups in total. The molecule has 1 rings (SSSR count). The monoisotopic (exact) mass is 235 g/mol. The summed E-state index contributed by atoms with van der Waals surface area (Å²) in [5.74, 6) is -0.449. The second kappa shape index (κ2) is 4.76. The molecule has 0 aromatic heterocycles. The van der Waals surface area contributed by atoms with Gasteiger partial charge in [-0.05, 0) is 24.3 Å². The van der Waals surface area contributed by atoms with E-state index >= 15 is 0 Å². The van der Waals surface area contributed by atoms with Crippen molar-refractivity contribution in [3.05, 3.63) is 24.3 Å². The number of isocyanates is 1. The van der Waals surface area contributed by atoms with Crippen LogP contribution < -0.4 is 4.74 Å². The Morgan fingerprint density at radius 3 is 2.25 bits per heavy atom. The maximum Gasteiger partial charge on any atom is 0.461 e. The van der Waals surface area contributed by atoms with Gasteiger partial charge in [0.05, 0.1) is 5.69 Å². The predicted octanol–water partition coefficient (Wildman–Crippen LogP) is 2.89. The molecular weight excluding hydrogens is 230 g/mol. The van der Waals surface area contributed by atoms with Crippen molar-refractivity contribution in [2.75, 3.05) is 0 Å². The summed E-state index contributed by atoms with van der Waals surface area (Å²) in [7, 11) is 0. The SMILES string of the molecule is O=C=Nc1ccc(OC(F)(F)C(F)F)cc1. The maximum absolute atomic E-state index is 12.4. The molecule has 0 aliphatic heterocycles. The van der Waals surface area contributed by atoms with E-state index in [1.54, 1.807) is 0 Å². The summed E-state index contributed by atoms with van der Waals surface area (Å²) in [4.78, 5) is 13.0. The smallest absolute Gasteiger partial charge is 0.428 e. The number of ether oxygens (including phenoxy) is 1. The molecule has 0 saturated heterocycles. The van der Waals surface area contributed by atoms with Crippen LogP contribution in [0.2, 0.25) is 0 Å². The van der Waals surface area contributed by atoms with Crippen LogP contribution in [0.15, 0.2) is 29.3 Å². The molecular formula is C9H5F4NO2. The molecule has 86 valence electrons. The van der Waals surface area contributed by atoms with Crippen LogP contribution in [0.5, 0.6) is 5.75 Å². The Morgan fingerprint density at radius 1 is 1.25 bits per heavy atom. The van der Waals surface area contributed by atoms with E-state index in [-0.39, 0.29) is 5.69 Å². The van der Waals surface area contributed by atoms with Crippen molar-refractivity contribution in [2.24, 2.45) is 4.99 Å². The van der Waals surface area contributed by atoms with Crippen LogP contribution in [-0.4, -0.2) is 18.6 Å². The van der Waals surface area contributed by atoms with Crippen molar-refractivity contribution >= 4 is 11.8 Å². The summed E-state index contributed by atoms with van der Waals surface area (Å²) in [5.41, 5.74) is 0.155. The highest BCUT2D eigenvalue weighted by Gasteiger charge is 2.43. The summed E-state index contributed by atoms with van der Waals surface area (Å²) in [6.07, 6.45) is -7.23. The van der Waals surface area contributed by atoms with Gasteiger partial charge in [-0.25, -0.2) is 4.79 Å². The first-order valence-electron chi connectivity index (χ1n) is 3.98. The van der Waals surface area contributed by atoms with Crippen LogP contribution >= 0.6 is 0 Å². The maximum atomic E-state index is 12.4. The fourth-order valence-electron chi connectivity index (χ4n) is 0.843. The minimum Gasteiger partial charge on any atom is -0.428 e. The molecule has 0 radical (unpaired) electrons. The number of carbonyl (C=O) groups excluding carboxylic acids is 1. The number of rotatable bonds is 4. The third kappa shape index (κ3) is 3.06. The van der Waals surface area contributed by atoms with Crippen LogP contribution in [0, 0.1) is 0 Å². The van der Waals surface area contributed by atoms with Gasteiger partial charge in [0.1, 0.15) is 5.75 Å². The zero-order chi connectivity index (χ0) is 12.2. The molecule has 0 atom stereocenters. The zero-order valence-electron chi connectivity index (χ0n) is 7.66. The Hall–Kier alpha value is -1.88. The Labute approximate surface area is 87.4 Å². The number of alkyl halides is 4. The van der Waals surface area contributed by atoms with Gasteiger partial charge in [-0.2, -0.15) is 22.6 Å². The fourth-order valence-corrected chi connectivity index (χ4v) is 0.843. The van der Waals surface area contributed by atoms with Gasteiger partial charge in [0.25, 0.3) is 0 Å². The topological polar surface area (TPSA) is 38.7 Å². The normalized spacial score (nSPS) is 11.1. The van der Waals surface area contributed by atoms with Crippen molar-refractivity contribution in [1.29, 1.82) is 0 Å². The third-order valence-electron chi connectivity index (χ3n) is 1.52. The Kier molecular flexibility index (Phi) is 3.63. The minimum atomic E-state index is -4.55. The van der Waals surface area contributed by atoms with E-state index in [0.29, 0.717) is 0 Å². The Balaban J connectivity index is 2.79. The lowest BCUT2D eigenvalue weighted by atomic mass is 10.3. The second-order valence-corrected chi connectivity index (χ2v) is 2.66. The number of aliphatic imine (C=N–C) groups is 1. The average molecular weight is 235 g/mol. The lowest BCUT2D eigenvalue weighted by Gasteiger charge is -2.16. The second-order valence-electron chi connectivity index (χ2n) is 2.66. The van der Waals surface area contributed by atoms with Crippen molar-refractivity contribution < 1.29 is 27.1 Å². The van der Waals surface area contributed by atoms with Crippen LogP contribution in [0.25, 0.3) is 0 Å². The number of halogens is 4. The van der Waals surface area contributed by atoms with Gasteiger partial charge in [0.2, 0.25) is 6.08 Å². The van der Waals surface area contributed by atoms with E-state index in [1.807, 2.05) is 0 Å². The zero-order valence-corrected chi connectivity index (χ0v) is 7.66. The van der Waals surface area contributed by atoms with Crippen molar-refractivity contribution in [3.8, 4) is 5.75 Å². The molecule has 16 heavy (non-hydrogen) atoms. The molecule has 0 saturated carbocycles. The molecule has 1 aromatic carbocycles. The van der Waals surface area contributed by atoms with Gasteiger partial charge in [-0.15, -0.1) is 0 Å². The van der Waals surface area contributed by atoms with Crippen LogP contribution in [0.3, 0.4) is 0 Å². The number of benzene rings is 1. The molecule has 0 aliphatic carbocycles. The molecule has 1 aromatic rings. The summed E-state index contributed by atoms with van der Waals surface area (Å²) >= 11 is 0. The molecule has 0 aliphatic rings. The predicted molar refractivity (Wildman–Crippen MR) is 45.8 cm³/mol. The molecule has 7 heteroatoms. The molecule has 0 heterocycles. The summed E-state index contributed by atoms with van der Waals surface area (Å²) in [5, 5.41) is 0. The molecule has 0 amide bonds.